The van der Waals surface area contributed by atoms with Crippen LogP contribution < -0.4 is 5.32 Å². The van der Waals surface area contributed by atoms with Gasteiger partial charge in [0.25, 0.3) is 0 Å². The van der Waals surface area contributed by atoms with Crippen molar-refractivity contribution < 1.29 is 19.5 Å². The summed E-state index contributed by atoms with van der Waals surface area (Å²) in [6.07, 6.45) is 1.99. The Balaban J connectivity index is 2.65. The van der Waals surface area contributed by atoms with Crippen LogP contribution in [0.25, 0.3) is 0 Å². The number of carboxylic acids is 1. The highest BCUT2D eigenvalue weighted by Crippen LogP contribution is 2.28. The van der Waals surface area contributed by atoms with Gasteiger partial charge in [-0.25, -0.2) is 9.59 Å². The average molecular weight is 285 g/mol. The SMILES string of the molecule is CCN(C)C(=O)CNC(=O)N1CCCCC1(C)C(=O)O. The molecule has 3 amide bonds. The summed E-state index contributed by atoms with van der Waals surface area (Å²) in [6.45, 7) is 4.23. The van der Waals surface area contributed by atoms with Gasteiger partial charge in [-0.15, -0.1) is 0 Å². The number of rotatable bonds is 4. The number of nitrogens with one attached hydrogen (secondary N) is 1. The number of carbonyl (C=O) groups excluding carboxylic acids is 2. The van der Waals surface area contributed by atoms with Crippen molar-refractivity contribution in [1.29, 1.82) is 0 Å². The number of hydrogen-bond donors (Lipinski definition) is 2. The molecule has 1 unspecified atom stereocenters. The minimum Gasteiger partial charge on any atom is -0.480 e. The van der Waals surface area contributed by atoms with Crippen molar-refractivity contribution in [3.8, 4) is 0 Å². The first kappa shape index (κ1) is 16.3. The highest BCUT2D eigenvalue weighted by atomic mass is 16.4. The lowest BCUT2D eigenvalue weighted by Gasteiger charge is -2.41. The predicted molar refractivity (Wildman–Crippen MR) is 73.3 cm³/mol. The third-order valence-electron chi connectivity index (χ3n) is 3.89. The number of piperidine rings is 1. The first-order chi connectivity index (χ1) is 9.32. The van der Waals surface area contributed by atoms with E-state index >= 15 is 0 Å². The van der Waals surface area contributed by atoms with Gasteiger partial charge in [-0.05, 0) is 33.1 Å². The second kappa shape index (κ2) is 6.58. The van der Waals surface area contributed by atoms with E-state index in [1.165, 1.54) is 9.80 Å². The van der Waals surface area contributed by atoms with Gasteiger partial charge < -0.3 is 20.2 Å². The van der Waals surface area contributed by atoms with Crippen LogP contribution in [0, 0.1) is 0 Å². The lowest BCUT2D eigenvalue weighted by Crippen LogP contribution is -2.60. The second-order valence-electron chi connectivity index (χ2n) is 5.25. The van der Waals surface area contributed by atoms with Crippen LogP contribution >= 0.6 is 0 Å². The monoisotopic (exact) mass is 285 g/mol. The summed E-state index contributed by atoms with van der Waals surface area (Å²) < 4.78 is 0. The number of aliphatic carboxylic acids is 1. The molecule has 7 heteroatoms. The molecule has 0 aromatic heterocycles. The van der Waals surface area contributed by atoms with Crippen LogP contribution in [0.5, 0.6) is 0 Å². The van der Waals surface area contributed by atoms with Crippen LogP contribution in [0.1, 0.15) is 33.1 Å². The molecule has 1 aliphatic rings. The predicted octanol–water partition coefficient (Wildman–Crippen LogP) is 0.504. The van der Waals surface area contributed by atoms with E-state index < -0.39 is 17.5 Å². The van der Waals surface area contributed by atoms with Gasteiger partial charge in [0, 0.05) is 20.1 Å². The van der Waals surface area contributed by atoms with Gasteiger partial charge in [-0.2, -0.15) is 0 Å². The zero-order chi connectivity index (χ0) is 15.3. The standard InChI is InChI=1S/C13H23N3O4/c1-4-15(3)10(17)9-14-12(20)16-8-6-5-7-13(16,2)11(18)19/h4-9H2,1-3H3,(H,14,20)(H,18,19). The molecule has 20 heavy (non-hydrogen) atoms. The molecule has 0 aromatic rings. The molecule has 1 rings (SSSR count). The van der Waals surface area contributed by atoms with Crippen molar-refractivity contribution in [3.05, 3.63) is 0 Å². The van der Waals surface area contributed by atoms with Gasteiger partial charge >= 0.3 is 12.0 Å². The fourth-order valence-electron chi connectivity index (χ4n) is 2.23. The molecule has 0 radical (unpaired) electrons. The van der Waals surface area contributed by atoms with Crippen LogP contribution in [-0.2, 0) is 9.59 Å². The van der Waals surface area contributed by atoms with Crippen molar-refractivity contribution in [2.45, 2.75) is 38.6 Å². The third-order valence-corrected chi connectivity index (χ3v) is 3.89. The first-order valence-electron chi connectivity index (χ1n) is 6.85. The molecule has 2 N–H and O–H groups in total. The summed E-state index contributed by atoms with van der Waals surface area (Å²) >= 11 is 0. The van der Waals surface area contributed by atoms with E-state index in [9.17, 15) is 19.5 Å². The number of likely N-dealkylation sites (N-methyl/N-ethyl adjacent to an activating group) is 1. The summed E-state index contributed by atoms with van der Waals surface area (Å²) in [6, 6.07) is -0.493. The molecule has 0 aromatic carbocycles. The minimum absolute atomic E-state index is 0.116. The highest BCUT2D eigenvalue weighted by Gasteiger charge is 2.43. The average Bonchev–Trinajstić information content (AvgIpc) is 2.43. The molecule has 1 atom stereocenters. The maximum atomic E-state index is 12.1. The number of urea groups is 1. The zero-order valence-corrected chi connectivity index (χ0v) is 12.3. The van der Waals surface area contributed by atoms with E-state index in [0.717, 1.165) is 12.8 Å². The summed E-state index contributed by atoms with van der Waals surface area (Å²) in [7, 11) is 1.65. The van der Waals surface area contributed by atoms with Gasteiger partial charge in [0.2, 0.25) is 5.91 Å². The molecule has 7 nitrogen and oxygen atoms in total. The van der Waals surface area contributed by atoms with Crippen molar-refractivity contribution >= 4 is 17.9 Å². The normalized spacial score (nSPS) is 22.2. The maximum absolute atomic E-state index is 12.1. The Labute approximate surface area is 118 Å². The Morgan fingerprint density at radius 1 is 1.35 bits per heavy atom. The van der Waals surface area contributed by atoms with E-state index in [4.69, 9.17) is 0 Å². The number of amides is 3. The van der Waals surface area contributed by atoms with Crippen LogP contribution in [0.15, 0.2) is 0 Å². The maximum Gasteiger partial charge on any atom is 0.329 e. The van der Waals surface area contributed by atoms with E-state index in [-0.39, 0.29) is 12.5 Å². The van der Waals surface area contributed by atoms with Crippen molar-refractivity contribution in [2.75, 3.05) is 26.7 Å². The number of carboxylic acid groups (broad SMARTS) is 1. The third kappa shape index (κ3) is 3.40. The van der Waals surface area contributed by atoms with Gasteiger partial charge in [-0.3, -0.25) is 4.79 Å². The molecule has 1 saturated heterocycles. The highest BCUT2D eigenvalue weighted by molar-refractivity contribution is 5.88. The molecule has 0 spiro atoms. The van der Waals surface area contributed by atoms with Gasteiger partial charge in [0.15, 0.2) is 0 Å². The Morgan fingerprint density at radius 3 is 2.55 bits per heavy atom. The molecule has 114 valence electrons. The first-order valence-corrected chi connectivity index (χ1v) is 6.85. The number of likely N-dealkylation sites (tertiary alicyclic amines) is 1. The molecule has 0 aliphatic carbocycles. The second-order valence-corrected chi connectivity index (χ2v) is 5.25. The topological polar surface area (TPSA) is 90.0 Å². The molecule has 1 aliphatic heterocycles. The minimum atomic E-state index is -1.19. The van der Waals surface area contributed by atoms with Crippen LogP contribution in [0.2, 0.25) is 0 Å². The van der Waals surface area contributed by atoms with E-state index in [2.05, 4.69) is 5.32 Å². The van der Waals surface area contributed by atoms with Crippen molar-refractivity contribution in [2.24, 2.45) is 0 Å². The van der Waals surface area contributed by atoms with Crippen LogP contribution in [0.4, 0.5) is 4.79 Å². The van der Waals surface area contributed by atoms with Crippen LogP contribution in [-0.4, -0.2) is 65.0 Å². The van der Waals surface area contributed by atoms with Gasteiger partial charge in [0.05, 0.1) is 6.54 Å². The molecule has 1 fully saturated rings. The largest absolute Gasteiger partial charge is 0.480 e. The molecular weight excluding hydrogens is 262 g/mol. The Kier molecular flexibility index (Phi) is 5.35. The van der Waals surface area contributed by atoms with Gasteiger partial charge in [-0.1, -0.05) is 0 Å². The molecular formula is C13H23N3O4. The Hall–Kier alpha value is -1.79. The lowest BCUT2D eigenvalue weighted by atomic mass is 9.89. The van der Waals surface area contributed by atoms with E-state index in [0.29, 0.717) is 19.5 Å². The van der Waals surface area contributed by atoms with E-state index in [1.807, 2.05) is 6.92 Å². The van der Waals surface area contributed by atoms with Crippen LogP contribution in [0.3, 0.4) is 0 Å². The molecule has 0 bridgehead atoms. The number of nitrogens with zero attached hydrogens (tertiary/aromatic N) is 2. The summed E-state index contributed by atoms with van der Waals surface area (Å²) in [5, 5.41) is 11.8. The summed E-state index contributed by atoms with van der Waals surface area (Å²) in [5.74, 6) is -1.21. The summed E-state index contributed by atoms with van der Waals surface area (Å²) in [5.41, 5.74) is -1.19. The zero-order valence-electron chi connectivity index (χ0n) is 12.3. The quantitative estimate of drug-likeness (QED) is 0.787. The molecule has 0 saturated carbocycles. The van der Waals surface area contributed by atoms with Gasteiger partial charge in [0.1, 0.15) is 5.54 Å². The van der Waals surface area contributed by atoms with Crippen molar-refractivity contribution in [1.82, 2.24) is 15.1 Å². The summed E-state index contributed by atoms with van der Waals surface area (Å²) in [4.78, 5) is 37.9. The fourth-order valence-corrected chi connectivity index (χ4v) is 2.23. The van der Waals surface area contributed by atoms with Crippen molar-refractivity contribution in [3.63, 3.8) is 0 Å². The Bertz CT molecular complexity index is 399. The lowest BCUT2D eigenvalue weighted by molar-refractivity contribution is -0.150. The Morgan fingerprint density at radius 2 is 2.00 bits per heavy atom. The number of hydrogen-bond acceptors (Lipinski definition) is 3. The fraction of sp³-hybridized carbons (Fsp3) is 0.769. The smallest absolute Gasteiger partial charge is 0.329 e. The van der Waals surface area contributed by atoms with E-state index in [1.54, 1.807) is 14.0 Å². The number of carbonyl (C=O) groups is 3. The molecule has 1 heterocycles.